The van der Waals surface area contributed by atoms with E-state index in [4.69, 9.17) is 12.2 Å². The third kappa shape index (κ3) is 2.22. The standard InChI is InChI=1S/C13H18N4OS/c18-12(10-5-9(10)7-1-2-7)14-6-11-15-16-13(19)17(11)8-3-4-8/h7-10H,1-6H2,(H,14,18)(H,16,19)/t9-,10-/m0/s1. The van der Waals surface area contributed by atoms with E-state index in [0.717, 1.165) is 18.2 Å². The fourth-order valence-electron chi connectivity index (χ4n) is 3.03. The van der Waals surface area contributed by atoms with E-state index < -0.39 is 0 Å². The van der Waals surface area contributed by atoms with Crippen LogP contribution in [0, 0.1) is 22.5 Å². The fourth-order valence-corrected chi connectivity index (χ4v) is 3.33. The molecular formula is C13H18N4OS. The van der Waals surface area contributed by atoms with Crippen molar-refractivity contribution in [1.29, 1.82) is 0 Å². The molecule has 4 rings (SSSR count). The summed E-state index contributed by atoms with van der Waals surface area (Å²) in [5.74, 6) is 2.85. The largest absolute Gasteiger partial charge is 0.349 e. The Labute approximate surface area is 116 Å². The van der Waals surface area contributed by atoms with Crippen LogP contribution in [0.15, 0.2) is 0 Å². The van der Waals surface area contributed by atoms with Gasteiger partial charge in [0.15, 0.2) is 10.6 Å². The van der Waals surface area contributed by atoms with E-state index in [0.29, 0.717) is 23.3 Å². The number of H-pyrrole nitrogens is 1. The van der Waals surface area contributed by atoms with E-state index in [-0.39, 0.29) is 11.8 Å². The monoisotopic (exact) mass is 278 g/mol. The molecule has 3 fully saturated rings. The van der Waals surface area contributed by atoms with Gasteiger partial charge in [0.25, 0.3) is 0 Å². The molecule has 2 N–H and O–H groups in total. The second kappa shape index (κ2) is 4.16. The summed E-state index contributed by atoms with van der Waals surface area (Å²) in [5, 5.41) is 10.1. The van der Waals surface area contributed by atoms with Crippen molar-refractivity contribution >= 4 is 18.1 Å². The first kappa shape index (κ1) is 11.6. The van der Waals surface area contributed by atoms with Crippen LogP contribution in [0.2, 0.25) is 0 Å². The van der Waals surface area contributed by atoms with Crippen LogP contribution in [0.5, 0.6) is 0 Å². The molecule has 102 valence electrons. The minimum Gasteiger partial charge on any atom is -0.349 e. The first-order valence-electron chi connectivity index (χ1n) is 7.17. The first-order chi connectivity index (χ1) is 9.24. The van der Waals surface area contributed by atoms with Crippen molar-refractivity contribution in [3.8, 4) is 0 Å². The van der Waals surface area contributed by atoms with Crippen LogP contribution in [-0.4, -0.2) is 20.7 Å². The number of hydrogen-bond donors (Lipinski definition) is 2. The number of aromatic nitrogens is 3. The van der Waals surface area contributed by atoms with Gasteiger partial charge in [-0.2, -0.15) is 5.10 Å². The highest BCUT2D eigenvalue weighted by molar-refractivity contribution is 7.71. The lowest BCUT2D eigenvalue weighted by molar-refractivity contribution is -0.122. The zero-order valence-corrected chi connectivity index (χ0v) is 11.6. The van der Waals surface area contributed by atoms with E-state index in [2.05, 4.69) is 20.1 Å². The second-order valence-corrected chi connectivity index (χ2v) is 6.49. The number of carbonyl (C=O) groups excluding carboxylic acids is 1. The Morgan fingerprint density at radius 3 is 2.89 bits per heavy atom. The minimum atomic E-state index is 0.202. The van der Waals surface area contributed by atoms with Gasteiger partial charge in [-0.3, -0.25) is 14.5 Å². The van der Waals surface area contributed by atoms with Crippen molar-refractivity contribution in [3.63, 3.8) is 0 Å². The van der Waals surface area contributed by atoms with Crippen LogP contribution in [0.1, 0.15) is 44.0 Å². The van der Waals surface area contributed by atoms with E-state index >= 15 is 0 Å². The molecule has 1 amide bonds. The number of aromatic amines is 1. The van der Waals surface area contributed by atoms with E-state index in [1.165, 1.54) is 25.7 Å². The summed E-state index contributed by atoms with van der Waals surface area (Å²) in [6.07, 6.45) is 6.08. The summed E-state index contributed by atoms with van der Waals surface area (Å²) < 4.78 is 2.73. The third-order valence-corrected chi connectivity index (χ3v) is 4.80. The van der Waals surface area contributed by atoms with Gasteiger partial charge in [-0.05, 0) is 56.2 Å². The minimum absolute atomic E-state index is 0.202. The first-order valence-corrected chi connectivity index (χ1v) is 7.58. The van der Waals surface area contributed by atoms with Gasteiger partial charge in [-0.25, -0.2) is 0 Å². The second-order valence-electron chi connectivity index (χ2n) is 6.11. The molecule has 0 aromatic carbocycles. The number of hydrogen-bond acceptors (Lipinski definition) is 3. The highest BCUT2D eigenvalue weighted by Gasteiger charge is 2.51. The number of nitrogens with zero attached hydrogens (tertiary/aromatic N) is 2. The average molecular weight is 278 g/mol. The normalized spacial score (nSPS) is 29.3. The zero-order valence-electron chi connectivity index (χ0n) is 10.8. The topological polar surface area (TPSA) is 62.7 Å². The summed E-state index contributed by atoms with van der Waals surface area (Å²) in [6.45, 7) is 0.496. The lowest BCUT2D eigenvalue weighted by Crippen LogP contribution is -2.26. The van der Waals surface area contributed by atoms with Gasteiger partial charge in [-0.15, -0.1) is 0 Å². The van der Waals surface area contributed by atoms with Gasteiger partial charge < -0.3 is 5.32 Å². The molecule has 1 aromatic rings. The van der Waals surface area contributed by atoms with Gasteiger partial charge >= 0.3 is 0 Å². The molecule has 5 nitrogen and oxygen atoms in total. The molecule has 2 atom stereocenters. The molecule has 3 aliphatic rings. The quantitative estimate of drug-likeness (QED) is 0.809. The van der Waals surface area contributed by atoms with Gasteiger partial charge in [0, 0.05) is 12.0 Å². The van der Waals surface area contributed by atoms with Crippen molar-refractivity contribution in [2.24, 2.45) is 17.8 Å². The van der Waals surface area contributed by atoms with Crippen molar-refractivity contribution in [1.82, 2.24) is 20.1 Å². The fraction of sp³-hybridized carbons (Fsp3) is 0.769. The Kier molecular flexibility index (Phi) is 2.55. The molecule has 6 heteroatoms. The van der Waals surface area contributed by atoms with Crippen molar-refractivity contribution in [2.45, 2.75) is 44.7 Å². The molecule has 0 saturated heterocycles. The molecule has 3 aliphatic carbocycles. The summed E-state index contributed by atoms with van der Waals surface area (Å²) in [5.41, 5.74) is 0. The lowest BCUT2D eigenvalue weighted by atomic mass is 10.2. The van der Waals surface area contributed by atoms with Crippen molar-refractivity contribution < 1.29 is 4.79 Å². The highest BCUT2D eigenvalue weighted by Crippen LogP contribution is 2.54. The lowest BCUT2D eigenvalue weighted by Gasteiger charge is -2.06. The molecule has 0 spiro atoms. The Hall–Kier alpha value is -1.17. The molecule has 19 heavy (non-hydrogen) atoms. The van der Waals surface area contributed by atoms with Gasteiger partial charge in [0.2, 0.25) is 5.91 Å². The Balaban J connectivity index is 1.37. The van der Waals surface area contributed by atoms with E-state index in [1.807, 2.05) is 0 Å². The van der Waals surface area contributed by atoms with E-state index in [9.17, 15) is 4.79 Å². The van der Waals surface area contributed by atoms with Crippen LogP contribution < -0.4 is 5.32 Å². The van der Waals surface area contributed by atoms with Crippen LogP contribution in [0.4, 0.5) is 0 Å². The van der Waals surface area contributed by atoms with Crippen LogP contribution in [0.25, 0.3) is 0 Å². The molecule has 3 saturated carbocycles. The Bertz CT molecular complexity index is 569. The molecule has 0 aliphatic heterocycles. The maximum absolute atomic E-state index is 12.0. The van der Waals surface area contributed by atoms with Crippen molar-refractivity contribution in [3.05, 3.63) is 10.6 Å². The third-order valence-electron chi connectivity index (χ3n) is 4.51. The summed E-state index contributed by atoms with van der Waals surface area (Å²) in [4.78, 5) is 12.0. The van der Waals surface area contributed by atoms with Crippen LogP contribution in [0.3, 0.4) is 0 Å². The van der Waals surface area contributed by atoms with Crippen molar-refractivity contribution in [2.75, 3.05) is 0 Å². The predicted octanol–water partition coefficient (Wildman–Crippen LogP) is 1.94. The maximum Gasteiger partial charge on any atom is 0.223 e. The molecular weight excluding hydrogens is 260 g/mol. The zero-order chi connectivity index (χ0) is 13.0. The molecule has 0 unspecified atom stereocenters. The summed E-state index contributed by atoms with van der Waals surface area (Å²) in [6, 6.07) is 0.498. The molecule has 0 radical (unpaired) electrons. The number of nitrogens with one attached hydrogen (secondary N) is 2. The van der Waals surface area contributed by atoms with Gasteiger partial charge in [0.1, 0.15) is 0 Å². The Morgan fingerprint density at radius 2 is 2.21 bits per heavy atom. The van der Waals surface area contributed by atoms with Crippen LogP contribution >= 0.6 is 12.2 Å². The van der Waals surface area contributed by atoms with Crippen LogP contribution in [-0.2, 0) is 11.3 Å². The average Bonchev–Trinajstić information content (AvgIpc) is 3.25. The number of carbonyl (C=O) groups is 1. The predicted molar refractivity (Wildman–Crippen MR) is 71.9 cm³/mol. The van der Waals surface area contributed by atoms with E-state index in [1.54, 1.807) is 0 Å². The number of amides is 1. The summed E-state index contributed by atoms with van der Waals surface area (Å²) in [7, 11) is 0. The number of rotatable bonds is 5. The smallest absolute Gasteiger partial charge is 0.223 e. The molecule has 0 bridgehead atoms. The molecule has 1 aromatic heterocycles. The molecule has 1 heterocycles. The summed E-state index contributed by atoms with van der Waals surface area (Å²) >= 11 is 5.23. The maximum atomic E-state index is 12.0. The Morgan fingerprint density at radius 1 is 1.42 bits per heavy atom. The SMILES string of the molecule is O=C(NCc1n[nH]c(=S)n1C1CC1)[C@H]1C[C@H]1C1CC1. The van der Waals surface area contributed by atoms with Gasteiger partial charge in [0.05, 0.1) is 6.54 Å². The highest BCUT2D eigenvalue weighted by atomic mass is 32.1. The van der Waals surface area contributed by atoms with Gasteiger partial charge in [-0.1, -0.05) is 0 Å².